The van der Waals surface area contributed by atoms with Crippen LogP contribution >= 0.6 is 0 Å². The maximum atomic E-state index is 11.5. The molecule has 0 aliphatic carbocycles. The van der Waals surface area contributed by atoms with Crippen LogP contribution in [0.5, 0.6) is 5.75 Å². The minimum atomic E-state index is 0.0221. The highest BCUT2D eigenvalue weighted by molar-refractivity contribution is 5.88. The van der Waals surface area contributed by atoms with Crippen molar-refractivity contribution in [3.8, 4) is 5.75 Å². The Hall–Kier alpha value is -2.07. The molecule has 3 N–H and O–H groups in total. The largest absolute Gasteiger partial charge is 0.491 e. The summed E-state index contributed by atoms with van der Waals surface area (Å²) in [5.74, 6) is 0.867. The standard InChI is InChI=1S/C17H22N2O2/c1-13(18)9-10-17(20)19-11-12-21-16-8-4-6-14-5-2-3-7-15(14)16/h2-8,13H,9-12,18H2,1H3,(H,19,20). The summed E-state index contributed by atoms with van der Waals surface area (Å²) in [4.78, 5) is 11.5. The highest BCUT2D eigenvalue weighted by Gasteiger charge is 2.04. The van der Waals surface area contributed by atoms with E-state index in [1.807, 2.05) is 37.3 Å². The third-order valence-electron chi connectivity index (χ3n) is 3.26. The molecule has 2 aromatic carbocycles. The normalized spacial score (nSPS) is 12.1. The Morgan fingerprint density at radius 1 is 1.24 bits per heavy atom. The zero-order valence-corrected chi connectivity index (χ0v) is 12.3. The van der Waals surface area contributed by atoms with Gasteiger partial charge in [-0.15, -0.1) is 0 Å². The zero-order chi connectivity index (χ0) is 15.1. The van der Waals surface area contributed by atoms with E-state index in [0.717, 1.165) is 16.5 Å². The van der Waals surface area contributed by atoms with Crippen LogP contribution in [0, 0.1) is 0 Å². The van der Waals surface area contributed by atoms with Gasteiger partial charge in [0, 0.05) is 17.8 Å². The van der Waals surface area contributed by atoms with Gasteiger partial charge in [-0.25, -0.2) is 0 Å². The molecule has 0 fully saturated rings. The number of benzene rings is 2. The van der Waals surface area contributed by atoms with Crippen molar-refractivity contribution < 1.29 is 9.53 Å². The number of nitrogens with two attached hydrogens (primary N) is 1. The van der Waals surface area contributed by atoms with Crippen LogP contribution in [0.3, 0.4) is 0 Å². The fourth-order valence-corrected chi connectivity index (χ4v) is 2.12. The van der Waals surface area contributed by atoms with Crippen molar-refractivity contribution in [2.45, 2.75) is 25.8 Å². The van der Waals surface area contributed by atoms with Crippen molar-refractivity contribution >= 4 is 16.7 Å². The summed E-state index contributed by atoms with van der Waals surface area (Å²) in [7, 11) is 0. The van der Waals surface area contributed by atoms with E-state index in [1.54, 1.807) is 0 Å². The molecule has 0 aliphatic rings. The molecule has 0 aromatic heterocycles. The van der Waals surface area contributed by atoms with Gasteiger partial charge < -0.3 is 15.8 Å². The van der Waals surface area contributed by atoms with Crippen LogP contribution < -0.4 is 15.8 Å². The lowest BCUT2D eigenvalue weighted by molar-refractivity contribution is -0.121. The first-order chi connectivity index (χ1) is 10.2. The van der Waals surface area contributed by atoms with E-state index in [0.29, 0.717) is 26.0 Å². The highest BCUT2D eigenvalue weighted by Crippen LogP contribution is 2.24. The molecule has 21 heavy (non-hydrogen) atoms. The molecule has 0 bridgehead atoms. The second kappa shape index (κ2) is 7.64. The zero-order valence-electron chi connectivity index (χ0n) is 12.3. The molecule has 2 aromatic rings. The SMILES string of the molecule is CC(N)CCC(=O)NCCOc1cccc2ccccc12. The summed E-state index contributed by atoms with van der Waals surface area (Å²) in [6.07, 6.45) is 1.17. The Morgan fingerprint density at radius 2 is 2.00 bits per heavy atom. The molecule has 0 saturated carbocycles. The van der Waals surface area contributed by atoms with Gasteiger partial charge in [0.1, 0.15) is 12.4 Å². The van der Waals surface area contributed by atoms with E-state index in [2.05, 4.69) is 17.4 Å². The highest BCUT2D eigenvalue weighted by atomic mass is 16.5. The van der Waals surface area contributed by atoms with Crippen molar-refractivity contribution in [3.63, 3.8) is 0 Å². The number of carbonyl (C=O) groups is 1. The number of ether oxygens (including phenoxy) is 1. The number of fused-ring (bicyclic) bond motifs is 1. The lowest BCUT2D eigenvalue weighted by atomic mass is 10.1. The van der Waals surface area contributed by atoms with Crippen LogP contribution in [0.2, 0.25) is 0 Å². The van der Waals surface area contributed by atoms with E-state index >= 15 is 0 Å². The average Bonchev–Trinajstić information content (AvgIpc) is 2.49. The van der Waals surface area contributed by atoms with Gasteiger partial charge in [-0.05, 0) is 24.8 Å². The van der Waals surface area contributed by atoms with E-state index in [9.17, 15) is 4.79 Å². The minimum absolute atomic E-state index is 0.0221. The topological polar surface area (TPSA) is 64.4 Å². The second-order valence-corrected chi connectivity index (χ2v) is 5.19. The van der Waals surface area contributed by atoms with Crippen LogP contribution in [0.4, 0.5) is 0 Å². The molecule has 0 saturated heterocycles. The Bertz CT molecular complexity index is 591. The first kappa shape index (κ1) is 15.3. The van der Waals surface area contributed by atoms with Crippen molar-refractivity contribution in [1.82, 2.24) is 5.32 Å². The molecule has 112 valence electrons. The van der Waals surface area contributed by atoms with Crippen LogP contribution in [-0.2, 0) is 4.79 Å². The molecule has 0 aliphatic heterocycles. The van der Waals surface area contributed by atoms with Crippen molar-refractivity contribution in [3.05, 3.63) is 42.5 Å². The number of amides is 1. The lowest BCUT2D eigenvalue weighted by Gasteiger charge is -2.10. The molecule has 1 unspecified atom stereocenters. The van der Waals surface area contributed by atoms with Gasteiger partial charge in [-0.1, -0.05) is 36.4 Å². The number of hydrogen-bond acceptors (Lipinski definition) is 3. The molecule has 2 rings (SSSR count). The van der Waals surface area contributed by atoms with Crippen molar-refractivity contribution in [2.24, 2.45) is 5.73 Å². The smallest absolute Gasteiger partial charge is 0.220 e. The maximum absolute atomic E-state index is 11.5. The van der Waals surface area contributed by atoms with Crippen LogP contribution in [0.15, 0.2) is 42.5 Å². The van der Waals surface area contributed by atoms with Gasteiger partial charge in [-0.2, -0.15) is 0 Å². The van der Waals surface area contributed by atoms with E-state index < -0.39 is 0 Å². The van der Waals surface area contributed by atoms with Crippen LogP contribution in [0.25, 0.3) is 10.8 Å². The molecule has 0 spiro atoms. The molecule has 4 nitrogen and oxygen atoms in total. The molecule has 1 amide bonds. The van der Waals surface area contributed by atoms with Crippen molar-refractivity contribution in [1.29, 1.82) is 0 Å². The third kappa shape index (κ3) is 4.76. The van der Waals surface area contributed by atoms with Gasteiger partial charge in [-0.3, -0.25) is 4.79 Å². The molecule has 4 heteroatoms. The Balaban J connectivity index is 1.79. The molecule has 0 heterocycles. The Labute approximate surface area is 125 Å². The predicted molar refractivity (Wildman–Crippen MR) is 85.3 cm³/mol. The van der Waals surface area contributed by atoms with Gasteiger partial charge in [0.15, 0.2) is 0 Å². The number of hydrogen-bond donors (Lipinski definition) is 2. The lowest BCUT2D eigenvalue weighted by Crippen LogP contribution is -2.29. The quantitative estimate of drug-likeness (QED) is 0.768. The number of carbonyl (C=O) groups excluding carboxylic acids is 1. The van der Waals surface area contributed by atoms with Gasteiger partial charge in [0.25, 0.3) is 0 Å². The number of nitrogens with one attached hydrogen (secondary N) is 1. The summed E-state index contributed by atoms with van der Waals surface area (Å²) in [5, 5.41) is 5.07. The molecular formula is C17H22N2O2. The summed E-state index contributed by atoms with van der Waals surface area (Å²) < 4.78 is 5.76. The first-order valence-electron chi connectivity index (χ1n) is 7.29. The molecular weight excluding hydrogens is 264 g/mol. The monoisotopic (exact) mass is 286 g/mol. The first-order valence-corrected chi connectivity index (χ1v) is 7.29. The van der Waals surface area contributed by atoms with Gasteiger partial charge in [0.2, 0.25) is 5.91 Å². The summed E-state index contributed by atoms with van der Waals surface area (Å²) in [5.41, 5.74) is 5.62. The Kier molecular flexibility index (Phi) is 5.58. The van der Waals surface area contributed by atoms with Gasteiger partial charge in [0.05, 0.1) is 6.54 Å². The Morgan fingerprint density at radius 3 is 2.81 bits per heavy atom. The fraction of sp³-hybridized carbons (Fsp3) is 0.353. The maximum Gasteiger partial charge on any atom is 0.220 e. The van der Waals surface area contributed by atoms with E-state index in [4.69, 9.17) is 10.5 Å². The van der Waals surface area contributed by atoms with Crippen LogP contribution in [0.1, 0.15) is 19.8 Å². The molecule has 0 radical (unpaired) electrons. The van der Waals surface area contributed by atoms with E-state index in [-0.39, 0.29) is 11.9 Å². The average molecular weight is 286 g/mol. The number of rotatable bonds is 7. The third-order valence-corrected chi connectivity index (χ3v) is 3.26. The van der Waals surface area contributed by atoms with E-state index in [1.165, 1.54) is 0 Å². The summed E-state index contributed by atoms with van der Waals surface area (Å²) >= 11 is 0. The minimum Gasteiger partial charge on any atom is -0.491 e. The molecule has 1 atom stereocenters. The summed E-state index contributed by atoms with van der Waals surface area (Å²) in [6.45, 7) is 2.86. The van der Waals surface area contributed by atoms with Crippen molar-refractivity contribution in [2.75, 3.05) is 13.2 Å². The fourth-order valence-electron chi connectivity index (χ4n) is 2.12. The van der Waals surface area contributed by atoms with Crippen LogP contribution in [-0.4, -0.2) is 25.1 Å². The second-order valence-electron chi connectivity index (χ2n) is 5.19. The predicted octanol–water partition coefficient (Wildman–Crippen LogP) is 2.46. The summed E-state index contributed by atoms with van der Waals surface area (Å²) in [6, 6.07) is 14.1. The van der Waals surface area contributed by atoms with Gasteiger partial charge >= 0.3 is 0 Å².